The summed E-state index contributed by atoms with van der Waals surface area (Å²) < 4.78 is 51.7. The molecule has 0 aliphatic heterocycles. The van der Waals surface area contributed by atoms with Gasteiger partial charge in [-0.2, -0.15) is 0 Å². The number of hydrogen-bond donors (Lipinski definition) is 1. The predicted octanol–water partition coefficient (Wildman–Crippen LogP) is 1.65. The van der Waals surface area contributed by atoms with Gasteiger partial charge in [0, 0.05) is 11.0 Å². The molecule has 0 radical (unpaired) electrons. The van der Waals surface area contributed by atoms with Gasteiger partial charge in [0.05, 0.1) is 5.56 Å². The molecule has 20 heavy (non-hydrogen) atoms. The van der Waals surface area contributed by atoms with Crippen molar-refractivity contribution in [1.29, 1.82) is 0 Å². The number of aromatic nitrogens is 3. The summed E-state index contributed by atoms with van der Waals surface area (Å²) in [6.45, 7) is 1.67. The standard InChI is InChI=1S/C10H9BrF2N4O2S/c1-2-17-9(15-16-10(17)20(14,18)19)8-6(12)3-5(11)4-7(8)13/h3-4H,2H2,1H3,(H2,14,18,19). The quantitative estimate of drug-likeness (QED) is 0.893. The minimum absolute atomic E-state index is 0.0863. The third-order valence-corrected chi connectivity index (χ3v) is 3.79. The summed E-state index contributed by atoms with van der Waals surface area (Å²) >= 11 is 2.95. The van der Waals surface area contributed by atoms with Gasteiger partial charge in [-0.05, 0) is 19.1 Å². The van der Waals surface area contributed by atoms with Crippen molar-refractivity contribution in [3.05, 3.63) is 28.2 Å². The van der Waals surface area contributed by atoms with E-state index in [9.17, 15) is 17.2 Å². The van der Waals surface area contributed by atoms with Crippen LogP contribution in [-0.2, 0) is 16.6 Å². The summed E-state index contributed by atoms with van der Waals surface area (Å²) in [4.78, 5) is 0. The van der Waals surface area contributed by atoms with E-state index in [0.717, 1.165) is 16.7 Å². The number of nitrogens with zero attached hydrogens (tertiary/aromatic N) is 3. The molecule has 0 saturated heterocycles. The van der Waals surface area contributed by atoms with Crippen molar-refractivity contribution < 1.29 is 17.2 Å². The number of nitrogens with two attached hydrogens (primary N) is 1. The molecule has 2 rings (SSSR count). The zero-order valence-corrected chi connectivity index (χ0v) is 12.5. The first-order valence-electron chi connectivity index (χ1n) is 5.36. The van der Waals surface area contributed by atoms with E-state index in [0.29, 0.717) is 0 Å². The molecule has 1 heterocycles. The molecule has 0 aliphatic carbocycles. The van der Waals surface area contributed by atoms with E-state index < -0.39 is 32.4 Å². The molecule has 2 N–H and O–H groups in total. The molecule has 2 aromatic rings. The topological polar surface area (TPSA) is 90.9 Å². The normalized spacial score (nSPS) is 11.8. The molecule has 6 nitrogen and oxygen atoms in total. The van der Waals surface area contributed by atoms with Crippen LogP contribution >= 0.6 is 15.9 Å². The van der Waals surface area contributed by atoms with Gasteiger partial charge in [0.15, 0.2) is 5.82 Å². The summed E-state index contributed by atoms with van der Waals surface area (Å²) in [6.07, 6.45) is 0. The Morgan fingerprint density at radius 3 is 2.30 bits per heavy atom. The van der Waals surface area contributed by atoms with E-state index in [1.54, 1.807) is 6.92 Å². The van der Waals surface area contributed by atoms with Gasteiger partial charge in [0.2, 0.25) is 0 Å². The van der Waals surface area contributed by atoms with Gasteiger partial charge in [-0.1, -0.05) is 15.9 Å². The molecular weight excluding hydrogens is 358 g/mol. The van der Waals surface area contributed by atoms with Gasteiger partial charge in [-0.3, -0.25) is 4.57 Å². The lowest BCUT2D eigenvalue weighted by Crippen LogP contribution is -2.18. The summed E-state index contributed by atoms with van der Waals surface area (Å²) in [5.74, 6) is -2.01. The van der Waals surface area contributed by atoms with Crippen molar-refractivity contribution in [3.63, 3.8) is 0 Å². The molecule has 10 heteroatoms. The van der Waals surface area contributed by atoms with E-state index in [-0.39, 0.29) is 16.8 Å². The molecule has 0 spiro atoms. The Kier molecular flexibility index (Phi) is 3.89. The highest BCUT2D eigenvalue weighted by atomic mass is 79.9. The lowest BCUT2D eigenvalue weighted by atomic mass is 10.2. The van der Waals surface area contributed by atoms with Crippen molar-refractivity contribution in [2.24, 2.45) is 5.14 Å². The Labute approximate surface area is 121 Å². The summed E-state index contributed by atoms with van der Waals surface area (Å²) in [5.41, 5.74) is -0.461. The van der Waals surface area contributed by atoms with Gasteiger partial charge in [-0.25, -0.2) is 22.3 Å². The number of benzene rings is 1. The van der Waals surface area contributed by atoms with Crippen molar-refractivity contribution >= 4 is 26.0 Å². The Hall–Kier alpha value is -1.39. The number of sulfonamides is 1. The second-order valence-corrected chi connectivity index (χ2v) is 6.21. The number of halogens is 3. The fraction of sp³-hybridized carbons (Fsp3) is 0.200. The molecule has 0 amide bonds. The lowest BCUT2D eigenvalue weighted by molar-refractivity contribution is 0.564. The average Bonchev–Trinajstić information content (AvgIpc) is 2.70. The SMILES string of the molecule is CCn1c(-c2c(F)cc(Br)cc2F)nnc1S(N)(=O)=O. The maximum atomic E-state index is 13.9. The molecule has 0 saturated carbocycles. The third kappa shape index (κ3) is 2.58. The van der Waals surface area contributed by atoms with Crippen molar-refractivity contribution in [2.75, 3.05) is 0 Å². The minimum Gasteiger partial charge on any atom is -0.297 e. The van der Waals surface area contributed by atoms with Gasteiger partial charge in [-0.15, -0.1) is 10.2 Å². The van der Waals surface area contributed by atoms with Gasteiger partial charge >= 0.3 is 0 Å². The number of hydrogen-bond acceptors (Lipinski definition) is 4. The molecule has 1 aromatic heterocycles. The largest absolute Gasteiger partial charge is 0.297 e. The summed E-state index contributed by atoms with van der Waals surface area (Å²) in [6, 6.07) is 2.09. The molecule has 0 atom stereocenters. The van der Waals surface area contributed by atoms with Crippen LogP contribution in [0.15, 0.2) is 21.8 Å². The van der Waals surface area contributed by atoms with Gasteiger partial charge in [0.25, 0.3) is 15.2 Å². The van der Waals surface area contributed by atoms with Crippen LogP contribution in [0, 0.1) is 11.6 Å². The highest BCUT2D eigenvalue weighted by molar-refractivity contribution is 9.10. The highest BCUT2D eigenvalue weighted by Gasteiger charge is 2.25. The molecule has 1 aromatic carbocycles. The second kappa shape index (κ2) is 5.19. The first kappa shape index (κ1) is 15.0. The lowest BCUT2D eigenvalue weighted by Gasteiger charge is -2.08. The maximum Gasteiger partial charge on any atom is 0.273 e. The third-order valence-electron chi connectivity index (χ3n) is 2.52. The van der Waals surface area contributed by atoms with E-state index in [2.05, 4.69) is 26.1 Å². The van der Waals surface area contributed by atoms with Crippen molar-refractivity contribution in [1.82, 2.24) is 14.8 Å². The van der Waals surface area contributed by atoms with Gasteiger partial charge < -0.3 is 0 Å². The van der Waals surface area contributed by atoms with Crippen molar-refractivity contribution in [2.45, 2.75) is 18.6 Å². The predicted molar refractivity (Wildman–Crippen MR) is 70.1 cm³/mol. The van der Waals surface area contributed by atoms with Crippen LogP contribution in [0.25, 0.3) is 11.4 Å². The van der Waals surface area contributed by atoms with Crippen LogP contribution in [0.3, 0.4) is 0 Å². The fourth-order valence-corrected chi connectivity index (χ4v) is 2.80. The highest BCUT2D eigenvalue weighted by Crippen LogP contribution is 2.28. The molecule has 0 aliphatic rings. The Bertz CT molecular complexity index is 753. The molecule has 0 bridgehead atoms. The number of primary sulfonamides is 1. The van der Waals surface area contributed by atoms with Crippen LogP contribution in [0.2, 0.25) is 0 Å². The van der Waals surface area contributed by atoms with E-state index in [4.69, 9.17) is 5.14 Å². The molecular formula is C10H9BrF2N4O2S. The monoisotopic (exact) mass is 366 g/mol. The fourth-order valence-electron chi connectivity index (χ4n) is 1.72. The maximum absolute atomic E-state index is 13.9. The van der Waals surface area contributed by atoms with Gasteiger partial charge in [0.1, 0.15) is 11.6 Å². The van der Waals surface area contributed by atoms with Crippen LogP contribution in [0.4, 0.5) is 8.78 Å². The van der Waals surface area contributed by atoms with Crippen LogP contribution in [0.1, 0.15) is 6.92 Å². The number of rotatable bonds is 3. The molecule has 108 valence electrons. The van der Waals surface area contributed by atoms with Crippen LogP contribution in [-0.4, -0.2) is 23.2 Å². The zero-order valence-electron chi connectivity index (χ0n) is 10.1. The Morgan fingerprint density at radius 1 is 1.30 bits per heavy atom. The molecule has 0 fully saturated rings. The van der Waals surface area contributed by atoms with E-state index in [1.165, 1.54) is 0 Å². The Morgan fingerprint density at radius 2 is 1.85 bits per heavy atom. The smallest absolute Gasteiger partial charge is 0.273 e. The molecule has 0 unspecified atom stereocenters. The Balaban J connectivity index is 2.75. The van der Waals surface area contributed by atoms with Crippen LogP contribution < -0.4 is 5.14 Å². The zero-order chi connectivity index (χ0) is 15.1. The summed E-state index contributed by atoms with van der Waals surface area (Å²) in [5, 5.41) is 11.4. The first-order valence-corrected chi connectivity index (χ1v) is 7.70. The minimum atomic E-state index is -4.13. The van der Waals surface area contributed by atoms with Crippen molar-refractivity contribution in [3.8, 4) is 11.4 Å². The second-order valence-electron chi connectivity index (χ2n) is 3.84. The van der Waals surface area contributed by atoms with E-state index in [1.807, 2.05) is 0 Å². The first-order chi connectivity index (χ1) is 9.25. The van der Waals surface area contributed by atoms with E-state index >= 15 is 0 Å². The summed E-state index contributed by atoms with van der Waals surface area (Å²) in [7, 11) is -4.13. The van der Waals surface area contributed by atoms with Crippen LogP contribution in [0.5, 0.6) is 0 Å². The average molecular weight is 367 g/mol.